The number of esters is 1. The summed E-state index contributed by atoms with van der Waals surface area (Å²) in [4.78, 5) is 16.2. The van der Waals surface area contributed by atoms with E-state index in [2.05, 4.69) is 22.1 Å². The molecule has 3 heterocycles. The van der Waals surface area contributed by atoms with Crippen LogP contribution in [-0.2, 0) is 17.9 Å². The molecule has 0 spiro atoms. The highest BCUT2D eigenvalue weighted by molar-refractivity contribution is 5.90. The second kappa shape index (κ2) is 5.97. The van der Waals surface area contributed by atoms with Crippen molar-refractivity contribution in [1.82, 2.24) is 24.1 Å². The Balaban J connectivity index is 1.71. The fraction of sp³-hybridized carbons (Fsp3) is 0.333. The molecule has 0 radical (unpaired) electrons. The summed E-state index contributed by atoms with van der Waals surface area (Å²) in [5.41, 5.74) is 1.34. The van der Waals surface area contributed by atoms with Crippen molar-refractivity contribution in [3.05, 3.63) is 48.1 Å². The average Bonchev–Trinajstić information content (AvgIpc) is 3.12. The molecule has 3 aromatic rings. The van der Waals surface area contributed by atoms with Crippen LogP contribution in [0.15, 0.2) is 30.9 Å². The van der Waals surface area contributed by atoms with E-state index in [1.807, 2.05) is 15.9 Å². The summed E-state index contributed by atoms with van der Waals surface area (Å²) in [6, 6.07) is 3.45. The van der Waals surface area contributed by atoms with Gasteiger partial charge in [0.2, 0.25) is 0 Å². The first-order valence-electron chi connectivity index (χ1n) is 7.16. The molecule has 0 bridgehead atoms. The van der Waals surface area contributed by atoms with Gasteiger partial charge in [-0.05, 0) is 25.5 Å². The molecule has 7 nitrogen and oxygen atoms in total. The maximum Gasteiger partial charge on any atom is 0.338 e. The summed E-state index contributed by atoms with van der Waals surface area (Å²) in [6.07, 6.45) is 6.12. The Hall–Kier alpha value is -2.70. The molecule has 0 aromatic carbocycles. The topological polar surface area (TPSA) is 74.3 Å². The van der Waals surface area contributed by atoms with Crippen molar-refractivity contribution < 1.29 is 9.53 Å². The van der Waals surface area contributed by atoms with Gasteiger partial charge in [-0.25, -0.2) is 9.78 Å². The summed E-state index contributed by atoms with van der Waals surface area (Å²) in [7, 11) is 0. The van der Waals surface area contributed by atoms with Crippen molar-refractivity contribution in [2.75, 3.05) is 0 Å². The molecular weight excluding hydrogens is 282 g/mol. The van der Waals surface area contributed by atoms with Gasteiger partial charge in [-0.3, -0.25) is 0 Å². The molecule has 0 saturated heterocycles. The van der Waals surface area contributed by atoms with E-state index in [1.165, 1.54) is 0 Å². The number of hydrogen-bond acceptors (Lipinski definition) is 5. The Morgan fingerprint density at radius 3 is 3.05 bits per heavy atom. The largest absolute Gasteiger partial charge is 0.454 e. The van der Waals surface area contributed by atoms with Gasteiger partial charge < -0.3 is 13.7 Å². The standard InChI is InChI=1S/C15H17N5O2/c1-3-5-20-11(2)17-18-14(20)9-22-15(21)12-4-6-19-10-16-8-13(19)7-12/h4,6-8,10H,3,5,9H2,1-2H3. The summed E-state index contributed by atoms with van der Waals surface area (Å²) >= 11 is 0. The Morgan fingerprint density at radius 1 is 1.36 bits per heavy atom. The third-order valence-electron chi connectivity index (χ3n) is 3.44. The number of carbonyl (C=O) groups is 1. The van der Waals surface area contributed by atoms with E-state index in [4.69, 9.17) is 4.74 Å². The first-order valence-corrected chi connectivity index (χ1v) is 7.16. The molecule has 0 atom stereocenters. The number of hydrogen-bond donors (Lipinski definition) is 0. The van der Waals surface area contributed by atoms with E-state index in [0.717, 1.165) is 24.3 Å². The number of carbonyl (C=O) groups excluding carboxylic acids is 1. The van der Waals surface area contributed by atoms with Gasteiger partial charge in [-0.2, -0.15) is 0 Å². The van der Waals surface area contributed by atoms with Gasteiger partial charge in [-0.1, -0.05) is 6.92 Å². The van der Waals surface area contributed by atoms with E-state index in [9.17, 15) is 4.79 Å². The number of fused-ring (bicyclic) bond motifs is 1. The SMILES string of the molecule is CCCn1c(C)nnc1COC(=O)c1ccn2cncc2c1. The summed E-state index contributed by atoms with van der Waals surface area (Å²) in [5.74, 6) is 1.11. The van der Waals surface area contributed by atoms with E-state index >= 15 is 0 Å². The van der Waals surface area contributed by atoms with E-state index in [0.29, 0.717) is 11.4 Å². The van der Waals surface area contributed by atoms with Crippen LogP contribution in [0, 0.1) is 6.92 Å². The van der Waals surface area contributed by atoms with Crippen LogP contribution in [-0.4, -0.2) is 30.1 Å². The normalized spacial score (nSPS) is 11.0. The molecule has 0 aliphatic carbocycles. The lowest BCUT2D eigenvalue weighted by Gasteiger charge is -2.08. The molecule has 0 aliphatic rings. The molecule has 0 saturated carbocycles. The second-order valence-electron chi connectivity index (χ2n) is 5.03. The minimum Gasteiger partial charge on any atom is -0.454 e. The van der Waals surface area contributed by atoms with Crippen LogP contribution in [0.3, 0.4) is 0 Å². The number of aromatic nitrogens is 5. The van der Waals surface area contributed by atoms with Gasteiger partial charge in [0.05, 0.1) is 23.6 Å². The number of imidazole rings is 1. The quantitative estimate of drug-likeness (QED) is 0.674. The number of nitrogens with zero attached hydrogens (tertiary/aromatic N) is 5. The second-order valence-corrected chi connectivity index (χ2v) is 5.03. The predicted molar refractivity (Wildman–Crippen MR) is 79.4 cm³/mol. The molecule has 7 heteroatoms. The molecule has 3 rings (SSSR count). The number of rotatable bonds is 5. The third kappa shape index (κ3) is 2.69. The molecular formula is C15H17N5O2. The first-order chi connectivity index (χ1) is 10.7. The van der Waals surface area contributed by atoms with Crippen LogP contribution < -0.4 is 0 Å². The third-order valence-corrected chi connectivity index (χ3v) is 3.44. The smallest absolute Gasteiger partial charge is 0.338 e. The predicted octanol–water partition coefficient (Wildman–Crippen LogP) is 2.00. The zero-order valence-electron chi connectivity index (χ0n) is 12.6. The molecule has 0 N–H and O–H groups in total. The number of ether oxygens (including phenoxy) is 1. The van der Waals surface area contributed by atoms with Gasteiger partial charge >= 0.3 is 5.97 Å². The van der Waals surface area contributed by atoms with Crippen LogP contribution in [0.5, 0.6) is 0 Å². The van der Waals surface area contributed by atoms with Crippen LogP contribution in [0.2, 0.25) is 0 Å². The maximum absolute atomic E-state index is 12.2. The van der Waals surface area contributed by atoms with E-state index in [1.54, 1.807) is 30.9 Å². The van der Waals surface area contributed by atoms with Crippen molar-refractivity contribution >= 4 is 11.5 Å². The monoisotopic (exact) mass is 299 g/mol. The van der Waals surface area contributed by atoms with E-state index < -0.39 is 0 Å². The molecule has 0 aliphatic heterocycles. The minimum absolute atomic E-state index is 0.115. The zero-order valence-corrected chi connectivity index (χ0v) is 12.6. The highest BCUT2D eigenvalue weighted by atomic mass is 16.5. The molecule has 0 fully saturated rings. The zero-order chi connectivity index (χ0) is 15.5. The lowest BCUT2D eigenvalue weighted by Crippen LogP contribution is -2.11. The summed E-state index contributed by atoms with van der Waals surface area (Å²) < 4.78 is 9.15. The molecule has 0 amide bonds. The molecule has 3 aromatic heterocycles. The fourth-order valence-corrected chi connectivity index (χ4v) is 2.31. The van der Waals surface area contributed by atoms with Gasteiger partial charge in [0.1, 0.15) is 5.82 Å². The van der Waals surface area contributed by atoms with E-state index in [-0.39, 0.29) is 12.6 Å². The number of pyridine rings is 1. The Kier molecular flexibility index (Phi) is 3.86. The highest BCUT2D eigenvalue weighted by Gasteiger charge is 2.13. The van der Waals surface area contributed by atoms with Crippen LogP contribution in [0.25, 0.3) is 5.52 Å². The van der Waals surface area contributed by atoms with Gasteiger partial charge in [0, 0.05) is 12.7 Å². The summed E-state index contributed by atoms with van der Waals surface area (Å²) in [5, 5.41) is 8.09. The average molecular weight is 299 g/mol. The van der Waals surface area contributed by atoms with Gasteiger partial charge in [0.15, 0.2) is 12.4 Å². The van der Waals surface area contributed by atoms with Crippen molar-refractivity contribution in [3.8, 4) is 0 Å². The molecule has 22 heavy (non-hydrogen) atoms. The van der Waals surface area contributed by atoms with Crippen LogP contribution in [0.1, 0.15) is 35.4 Å². The van der Waals surface area contributed by atoms with Crippen molar-refractivity contribution in [1.29, 1.82) is 0 Å². The Labute approximate surface area is 127 Å². The molecule has 114 valence electrons. The lowest BCUT2D eigenvalue weighted by atomic mass is 10.2. The number of aryl methyl sites for hydroxylation is 1. The minimum atomic E-state index is -0.382. The Morgan fingerprint density at radius 2 is 2.23 bits per heavy atom. The highest BCUT2D eigenvalue weighted by Crippen LogP contribution is 2.10. The maximum atomic E-state index is 12.2. The van der Waals surface area contributed by atoms with Gasteiger partial charge in [0.25, 0.3) is 0 Å². The van der Waals surface area contributed by atoms with Crippen molar-refractivity contribution in [2.24, 2.45) is 0 Å². The first kappa shape index (κ1) is 14.2. The van der Waals surface area contributed by atoms with Crippen LogP contribution in [0.4, 0.5) is 0 Å². The molecule has 0 unspecified atom stereocenters. The van der Waals surface area contributed by atoms with Gasteiger partial charge in [-0.15, -0.1) is 10.2 Å². The lowest BCUT2D eigenvalue weighted by molar-refractivity contribution is 0.0457. The van der Waals surface area contributed by atoms with Crippen molar-refractivity contribution in [2.45, 2.75) is 33.4 Å². The Bertz CT molecular complexity index is 805. The van der Waals surface area contributed by atoms with Crippen molar-refractivity contribution in [3.63, 3.8) is 0 Å². The summed E-state index contributed by atoms with van der Waals surface area (Å²) in [6.45, 7) is 4.90. The van der Waals surface area contributed by atoms with Crippen LogP contribution >= 0.6 is 0 Å². The fourth-order valence-electron chi connectivity index (χ4n) is 2.31.